The molecule has 1 atom stereocenters. The van der Waals surface area contributed by atoms with Gasteiger partial charge in [-0.25, -0.2) is 4.68 Å². The van der Waals surface area contributed by atoms with E-state index in [1.54, 1.807) is 6.20 Å². The van der Waals surface area contributed by atoms with Crippen molar-refractivity contribution in [3.8, 4) is 5.69 Å². The van der Waals surface area contributed by atoms with Gasteiger partial charge in [0.1, 0.15) is 0 Å². The number of nitrogens with zero attached hydrogens (tertiary/aromatic N) is 2. The van der Waals surface area contributed by atoms with Crippen molar-refractivity contribution in [1.29, 1.82) is 0 Å². The summed E-state index contributed by atoms with van der Waals surface area (Å²) in [4.78, 5) is 0. The minimum atomic E-state index is 0.430. The van der Waals surface area contributed by atoms with Crippen molar-refractivity contribution in [3.63, 3.8) is 0 Å². The lowest BCUT2D eigenvalue weighted by atomic mass is 9.96. The first kappa shape index (κ1) is 14.9. The molecule has 2 rings (SSSR count). The molecule has 0 fully saturated rings. The molecule has 0 spiro atoms. The standard InChI is InChI=1S/C15H21ClN4/c1-11(2)12(9-17)10-18-14-8-13(16)4-5-15(14)20-7-3-6-19-20/h3-8,11-12,18H,9-10,17H2,1-2H3. The fraction of sp³-hybridized carbons (Fsp3) is 0.400. The summed E-state index contributed by atoms with van der Waals surface area (Å²) in [5.41, 5.74) is 7.77. The van der Waals surface area contributed by atoms with Crippen LogP contribution in [-0.2, 0) is 0 Å². The number of rotatable bonds is 6. The molecule has 2 aromatic rings. The van der Waals surface area contributed by atoms with Gasteiger partial charge in [-0.1, -0.05) is 25.4 Å². The molecule has 0 amide bonds. The molecule has 0 saturated carbocycles. The van der Waals surface area contributed by atoms with Crippen LogP contribution in [0.25, 0.3) is 5.69 Å². The summed E-state index contributed by atoms with van der Waals surface area (Å²) in [5, 5.41) is 8.42. The first-order valence-electron chi connectivity index (χ1n) is 6.85. The van der Waals surface area contributed by atoms with E-state index < -0.39 is 0 Å². The van der Waals surface area contributed by atoms with E-state index in [1.165, 1.54) is 0 Å². The van der Waals surface area contributed by atoms with E-state index in [-0.39, 0.29) is 0 Å². The van der Waals surface area contributed by atoms with Gasteiger partial charge >= 0.3 is 0 Å². The Balaban J connectivity index is 2.20. The van der Waals surface area contributed by atoms with Crippen LogP contribution in [0.3, 0.4) is 0 Å². The van der Waals surface area contributed by atoms with Crippen LogP contribution >= 0.6 is 11.6 Å². The lowest BCUT2D eigenvalue weighted by molar-refractivity contribution is 0.413. The van der Waals surface area contributed by atoms with E-state index in [4.69, 9.17) is 17.3 Å². The highest BCUT2D eigenvalue weighted by molar-refractivity contribution is 6.31. The van der Waals surface area contributed by atoms with Crippen molar-refractivity contribution in [2.24, 2.45) is 17.6 Å². The van der Waals surface area contributed by atoms with Gasteiger partial charge in [0, 0.05) is 24.0 Å². The number of aromatic nitrogens is 2. The molecule has 0 aliphatic rings. The Bertz CT molecular complexity index is 537. The van der Waals surface area contributed by atoms with Crippen molar-refractivity contribution in [2.45, 2.75) is 13.8 Å². The molecule has 108 valence electrons. The number of anilines is 1. The summed E-state index contributed by atoms with van der Waals surface area (Å²) in [6.07, 6.45) is 3.67. The maximum absolute atomic E-state index is 6.10. The molecule has 5 heteroatoms. The van der Waals surface area contributed by atoms with E-state index in [2.05, 4.69) is 24.3 Å². The van der Waals surface area contributed by atoms with Crippen LogP contribution in [0.4, 0.5) is 5.69 Å². The van der Waals surface area contributed by atoms with E-state index in [0.717, 1.165) is 17.9 Å². The minimum Gasteiger partial charge on any atom is -0.383 e. The molecular formula is C15H21ClN4. The van der Waals surface area contributed by atoms with E-state index in [0.29, 0.717) is 23.4 Å². The number of hydrogen-bond donors (Lipinski definition) is 2. The zero-order valence-electron chi connectivity index (χ0n) is 11.9. The Labute approximate surface area is 124 Å². The topological polar surface area (TPSA) is 55.9 Å². The van der Waals surface area contributed by atoms with Crippen LogP contribution in [0.2, 0.25) is 5.02 Å². The Morgan fingerprint density at radius 1 is 1.40 bits per heavy atom. The first-order chi connectivity index (χ1) is 9.61. The molecular weight excluding hydrogens is 272 g/mol. The molecule has 4 nitrogen and oxygen atoms in total. The van der Waals surface area contributed by atoms with Gasteiger partial charge in [0.05, 0.1) is 11.4 Å². The highest BCUT2D eigenvalue weighted by Gasteiger charge is 2.13. The summed E-state index contributed by atoms with van der Waals surface area (Å²) >= 11 is 6.10. The molecule has 20 heavy (non-hydrogen) atoms. The third kappa shape index (κ3) is 3.52. The van der Waals surface area contributed by atoms with Crippen LogP contribution in [0, 0.1) is 11.8 Å². The number of nitrogens with one attached hydrogen (secondary N) is 1. The summed E-state index contributed by atoms with van der Waals surface area (Å²) < 4.78 is 1.82. The van der Waals surface area contributed by atoms with Crippen molar-refractivity contribution in [1.82, 2.24) is 9.78 Å². The summed E-state index contributed by atoms with van der Waals surface area (Å²) in [6, 6.07) is 7.65. The highest BCUT2D eigenvalue weighted by Crippen LogP contribution is 2.24. The number of halogens is 1. The number of benzene rings is 1. The zero-order valence-corrected chi connectivity index (χ0v) is 12.6. The van der Waals surface area contributed by atoms with E-state index in [9.17, 15) is 0 Å². The molecule has 1 aromatic heterocycles. The largest absolute Gasteiger partial charge is 0.383 e. The second kappa shape index (κ2) is 6.77. The van der Waals surface area contributed by atoms with E-state index >= 15 is 0 Å². The van der Waals surface area contributed by atoms with Crippen LogP contribution in [0.15, 0.2) is 36.7 Å². The minimum absolute atomic E-state index is 0.430. The highest BCUT2D eigenvalue weighted by atomic mass is 35.5. The molecule has 1 aromatic carbocycles. The molecule has 0 bridgehead atoms. The number of hydrogen-bond acceptors (Lipinski definition) is 3. The van der Waals surface area contributed by atoms with Gasteiger partial charge in [-0.05, 0) is 42.6 Å². The van der Waals surface area contributed by atoms with Gasteiger partial charge in [0.15, 0.2) is 0 Å². The Morgan fingerprint density at radius 3 is 2.80 bits per heavy atom. The van der Waals surface area contributed by atoms with Crippen molar-refractivity contribution < 1.29 is 0 Å². The predicted octanol–water partition coefficient (Wildman–Crippen LogP) is 3.17. The molecule has 0 saturated heterocycles. The summed E-state index contributed by atoms with van der Waals surface area (Å²) in [6.45, 7) is 5.86. The average molecular weight is 293 g/mol. The second-order valence-corrected chi connectivity index (χ2v) is 5.67. The smallest absolute Gasteiger partial charge is 0.0877 e. The molecule has 0 radical (unpaired) electrons. The Kier molecular flexibility index (Phi) is 5.04. The van der Waals surface area contributed by atoms with Crippen molar-refractivity contribution >= 4 is 17.3 Å². The second-order valence-electron chi connectivity index (χ2n) is 5.23. The maximum atomic E-state index is 6.10. The van der Waals surface area contributed by atoms with Gasteiger partial charge in [-0.3, -0.25) is 0 Å². The third-order valence-electron chi connectivity index (χ3n) is 3.51. The fourth-order valence-corrected chi connectivity index (χ4v) is 2.27. The summed E-state index contributed by atoms with van der Waals surface area (Å²) in [7, 11) is 0. The third-order valence-corrected chi connectivity index (χ3v) is 3.75. The van der Waals surface area contributed by atoms with Gasteiger partial charge in [-0.15, -0.1) is 0 Å². The van der Waals surface area contributed by atoms with Crippen LogP contribution in [0.5, 0.6) is 0 Å². The Morgan fingerprint density at radius 2 is 2.20 bits per heavy atom. The van der Waals surface area contributed by atoms with Gasteiger partial charge in [0.2, 0.25) is 0 Å². The number of nitrogens with two attached hydrogens (primary N) is 1. The monoisotopic (exact) mass is 292 g/mol. The van der Waals surface area contributed by atoms with Crippen LogP contribution < -0.4 is 11.1 Å². The van der Waals surface area contributed by atoms with Gasteiger partial charge in [-0.2, -0.15) is 5.10 Å². The average Bonchev–Trinajstić information content (AvgIpc) is 2.93. The molecule has 0 aliphatic heterocycles. The summed E-state index contributed by atoms with van der Waals surface area (Å²) in [5.74, 6) is 0.972. The fourth-order valence-electron chi connectivity index (χ4n) is 2.09. The normalized spacial score (nSPS) is 12.7. The zero-order chi connectivity index (χ0) is 14.5. The quantitative estimate of drug-likeness (QED) is 0.860. The first-order valence-corrected chi connectivity index (χ1v) is 7.23. The van der Waals surface area contributed by atoms with Crippen molar-refractivity contribution in [3.05, 3.63) is 41.7 Å². The molecule has 3 N–H and O–H groups in total. The molecule has 1 unspecified atom stereocenters. The van der Waals surface area contributed by atoms with Crippen LogP contribution in [0.1, 0.15) is 13.8 Å². The van der Waals surface area contributed by atoms with Gasteiger partial charge in [0.25, 0.3) is 0 Å². The maximum Gasteiger partial charge on any atom is 0.0877 e. The van der Waals surface area contributed by atoms with Crippen molar-refractivity contribution in [2.75, 3.05) is 18.4 Å². The lowest BCUT2D eigenvalue weighted by Gasteiger charge is -2.21. The van der Waals surface area contributed by atoms with Gasteiger partial charge < -0.3 is 11.1 Å². The molecule has 0 aliphatic carbocycles. The van der Waals surface area contributed by atoms with E-state index in [1.807, 2.05) is 35.1 Å². The lowest BCUT2D eigenvalue weighted by Crippen LogP contribution is -2.27. The molecule has 1 heterocycles. The Hall–Kier alpha value is -1.52. The SMILES string of the molecule is CC(C)C(CN)CNc1cc(Cl)ccc1-n1cccn1. The van der Waals surface area contributed by atoms with Crippen LogP contribution in [-0.4, -0.2) is 22.9 Å². The predicted molar refractivity (Wildman–Crippen MR) is 84.4 cm³/mol.